The molecule has 2 aromatic heterocycles. The lowest BCUT2D eigenvalue weighted by molar-refractivity contribution is -0.121. The molecule has 0 aliphatic rings. The summed E-state index contributed by atoms with van der Waals surface area (Å²) in [6.45, 7) is 0.959. The average Bonchev–Trinajstić information content (AvgIpc) is 3.15. The van der Waals surface area contributed by atoms with Crippen molar-refractivity contribution in [1.82, 2.24) is 9.27 Å². The Morgan fingerprint density at radius 1 is 1.23 bits per heavy atom. The maximum absolute atomic E-state index is 12.1. The van der Waals surface area contributed by atoms with Crippen molar-refractivity contribution in [2.24, 2.45) is 0 Å². The molecule has 0 fully saturated rings. The third kappa shape index (κ3) is 3.28. The minimum atomic E-state index is -0.0365. The highest BCUT2D eigenvalue weighted by Gasteiger charge is 2.08. The highest BCUT2D eigenvalue weighted by Crippen LogP contribution is 2.16. The van der Waals surface area contributed by atoms with Crippen molar-refractivity contribution in [2.45, 2.75) is 25.9 Å². The number of nitrogens with one attached hydrogen (secondary N) is 1. The number of rotatable bonds is 6. The predicted molar refractivity (Wildman–Crippen MR) is 85.9 cm³/mol. The number of nitrogens with zero attached hydrogens (tertiary/aromatic N) is 1. The van der Waals surface area contributed by atoms with Crippen LogP contribution < -0.4 is 10.9 Å². The maximum Gasteiger partial charge on any atom is 0.268 e. The van der Waals surface area contributed by atoms with E-state index in [1.807, 2.05) is 30.3 Å². The molecule has 0 spiro atoms. The number of fused-ring (bicyclic) bond motifs is 1. The summed E-state index contributed by atoms with van der Waals surface area (Å²) in [5.74, 6) is 0.694. The van der Waals surface area contributed by atoms with Crippen LogP contribution in [0.2, 0.25) is 0 Å². The third-order valence-electron chi connectivity index (χ3n) is 3.36. The fourth-order valence-electron chi connectivity index (χ4n) is 2.24. The first-order valence-electron chi connectivity index (χ1n) is 7.12. The van der Waals surface area contributed by atoms with Crippen LogP contribution in [0.3, 0.4) is 0 Å². The third-order valence-corrected chi connectivity index (χ3v) is 4.48. The van der Waals surface area contributed by atoms with Crippen LogP contribution in [0.25, 0.3) is 10.1 Å². The fraction of sp³-hybridized carbons (Fsp3) is 0.250. The molecule has 0 radical (unpaired) electrons. The largest absolute Gasteiger partial charge is 0.467 e. The van der Waals surface area contributed by atoms with Gasteiger partial charge in [0.15, 0.2) is 0 Å². The van der Waals surface area contributed by atoms with Gasteiger partial charge in [-0.05, 0) is 30.7 Å². The van der Waals surface area contributed by atoms with Crippen LogP contribution in [0.15, 0.2) is 51.9 Å². The number of amides is 1. The molecule has 2 heterocycles. The number of hydrogen-bond donors (Lipinski definition) is 1. The highest BCUT2D eigenvalue weighted by molar-refractivity contribution is 7.13. The topological polar surface area (TPSA) is 64.2 Å². The average molecular weight is 316 g/mol. The van der Waals surface area contributed by atoms with Gasteiger partial charge in [-0.1, -0.05) is 23.7 Å². The van der Waals surface area contributed by atoms with Gasteiger partial charge < -0.3 is 9.73 Å². The molecule has 0 saturated heterocycles. The van der Waals surface area contributed by atoms with E-state index in [2.05, 4.69) is 5.32 Å². The number of carbonyl (C=O) groups excluding carboxylic acids is 1. The minimum Gasteiger partial charge on any atom is -0.467 e. The van der Waals surface area contributed by atoms with Crippen LogP contribution in [-0.2, 0) is 17.9 Å². The zero-order valence-electron chi connectivity index (χ0n) is 12.0. The van der Waals surface area contributed by atoms with Gasteiger partial charge in [-0.25, -0.2) is 0 Å². The first-order valence-corrected chi connectivity index (χ1v) is 7.89. The summed E-state index contributed by atoms with van der Waals surface area (Å²) < 4.78 is 7.84. The summed E-state index contributed by atoms with van der Waals surface area (Å²) in [4.78, 5) is 23.9. The summed E-state index contributed by atoms with van der Waals surface area (Å²) >= 11 is 1.44. The van der Waals surface area contributed by atoms with Crippen molar-refractivity contribution in [3.63, 3.8) is 0 Å². The molecule has 0 aliphatic heterocycles. The van der Waals surface area contributed by atoms with Crippen molar-refractivity contribution >= 4 is 27.5 Å². The SMILES string of the molecule is O=C(CCCn1sc2ccccc2c1=O)NCc1ccco1. The van der Waals surface area contributed by atoms with Gasteiger partial charge in [0.05, 0.1) is 22.9 Å². The van der Waals surface area contributed by atoms with Gasteiger partial charge in [-0.3, -0.25) is 13.5 Å². The second-order valence-corrected chi connectivity index (χ2v) is 6.02. The highest BCUT2D eigenvalue weighted by atomic mass is 32.1. The molecule has 1 N–H and O–H groups in total. The molecular formula is C16H16N2O3S. The monoisotopic (exact) mass is 316 g/mol. The summed E-state index contributed by atoms with van der Waals surface area (Å²) in [7, 11) is 0. The smallest absolute Gasteiger partial charge is 0.268 e. The Kier molecular flexibility index (Phi) is 4.39. The summed E-state index contributed by atoms with van der Waals surface area (Å²) in [5.41, 5.74) is 0.0246. The number of carbonyl (C=O) groups is 1. The lowest BCUT2D eigenvalue weighted by Gasteiger charge is -2.03. The zero-order chi connectivity index (χ0) is 15.4. The van der Waals surface area contributed by atoms with Gasteiger partial charge in [-0.2, -0.15) is 0 Å². The van der Waals surface area contributed by atoms with Crippen LogP contribution in [0.4, 0.5) is 0 Å². The maximum atomic E-state index is 12.1. The van der Waals surface area contributed by atoms with Gasteiger partial charge >= 0.3 is 0 Å². The van der Waals surface area contributed by atoms with Crippen molar-refractivity contribution in [2.75, 3.05) is 0 Å². The first-order chi connectivity index (χ1) is 10.7. The Balaban J connectivity index is 1.50. The Labute approximate surface area is 131 Å². The summed E-state index contributed by atoms with van der Waals surface area (Å²) in [5, 5.41) is 3.54. The van der Waals surface area contributed by atoms with Gasteiger partial charge in [0.1, 0.15) is 5.76 Å². The standard InChI is InChI=1S/C16H16N2O3S/c19-15(17-11-12-5-4-10-21-12)8-3-9-18-16(20)13-6-1-2-7-14(13)22-18/h1-2,4-7,10H,3,8-9,11H2,(H,17,19). The lowest BCUT2D eigenvalue weighted by Crippen LogP contribution is -2.23. The van der Waals surface area contributed by atoms with E-state index in [1.54, 1.807) is 16.3 Å². The van der Waals surface area contributed by atoms with Gasteiger partial charge in [-0.15, -0.1) is 0 Å². The quantitative estimate of drug-likeness (QED) is 0.760. The Morgan fingerprint density at radius 2 is 2.09 bits per heavy atom. The molecule has 0 aliphatic carbocycles. The molecule has 22 heavy (non-hydrogen) atoms. The van der Waals surface area contributed by atoms with Gasteiger partial charge in [0.25, 0.3) is 5.56 Å². The molecule has 3 rings (SSSR count). The van der Waals surface area contributed by atoms with Gasteiger partial charge in [0, 0.05) is 13.0 Å². The molecule has 1 amide bonds. The summed E-state index contributed by atoms with van der Waals surface area (Å²) in [6, 6.07) is 11.2. The van der Waals surface area contributed by atoms with Crippen molar-refractivity contribution < 1.29 is 9.21 Å². The van der Waals surface area contributed by atoms with Crippen LogP contribution in [0.1, 0.15) is 18.6 Å². The molecule has 0 unspecified atom stereocenters. The van der Waals surface area contributed by atoms with Crippen molar-refractivity contribution in [3.8, 4) is 0 Å². The Hall–Kier alpha value is -2.34. The molecule has 114 valence electrons. The molecule has 5 nitrogen and oxygen atoms in total. The van der Waals surface area contributed by atoms with Crippen LogP contribution in [0, 0.1) is 0 Å². The van der Waals surface area contributed by atoms with E-state index < -0.39 is 0 Å². The number of aromatic nitrogens is 1. The zero-order valence-corrected chi connectivity index (χ0v) is 12.8. The number of furan rings is 1. The molecule has 6 heteroatoms. The molecule has 0 saturated carbocycles. The first kappa shape index (κ1) is 14.6. The van der Waals surface area contributed by atoms with Gasteiger partial charge in [0.2, 0.25) is 5.91 Å². The lowest BCUT2D eigenvalue weighted by atomic mass is 10.2. The van der Waals surface area contributed by atoms with Crippen LogP contribution in [-0.4, -0.2) is 9.86 Å². The Bertz CT molecular complexity index is 817. The fourth-order valence-corrected chi connectivity index (χ4v) is 3.27. The minimum absolute atomic E-state index is 0.0246. The van der Waals surface area contributed by atoms with E-state index >= 15 is 0 Å². The van der Waals surface area contributed by atoms with E-state index in [-0.39, 0.29) is 11.5 Å². The van der Waals surface area contributed by atoms with Crippen molar-refractivity contribution in [1.29, 1.82) is 0 Å². The van der Waals surface area contributed by atoms with E-state index in [1.165, 1.54) is 11.5 Å². The van der Waals surface area contributed by atoms with Crippen molar-refractivity contribution in [3.05, 3.63) is 58.8 Å². The Morgan fingerprint density at radius 3 is 2.86 bits per heavy atom. The molecule has 3 aromatic rings. The summed E-state index contributed by atoms with van der Waals surface area (Å²) in [6.07, 6.45) is 2.60. The van der Waals surface area contributed by atoms with E-state index in [4.69, 9.17) is 4.42 Å². The second kappa shape index (κ2) is 6.62. The van der Waals surface area contributed by atoms with E-state index in [9.17, 15) is 9.59 Å². The van der Waals surface area contributed by atoms with Crippen LogP contribution in [0.5, 0.6) is 0 Å². The molecule has 0 atom stereocenters. The number of hydrogen-bond acceptors (Lipinski definition) is 4. The van der Waals surface area contributed by atoms with Crippen LogP contribution >= 0.6 is 11.5 Å². The van der Waals surface area contributed by atoms with E-state index in [0.29, 0.717) is 25.9 Å². The predicted octanol–water partition coefficient (Wildman–Crippen LogP) is 2.75. The number of benzene rings is 1. The molecule has 1 aromatic carbocycles. The second-order valence-electron chi connectivity index (χ2n) is 4.95. The number of aryl methyl sites for hydroxylation is 1. The molecule has 0 bridgehead atoms. The van der Waals surface area contributed by atoms with E-state index in [0.717, 1.165) is 15.8 Å². The molecular weight excluding hydrogens is 300 g/mol. The normalized spacial score (nSPS) is 10.9.